The Labute approximate surface area is 119 Å². The first kappa shape index (κ1) is 16.5. The second-order valence-electron chi connectivity index (χ2n) is 5.43. The molecule has 1 rings (SSSR count). The lowest BCUT2D eigenvalue weighted by atomic mass is 9.85. The number of aromatic carboxylic acids is 1. The third-order valence-corrected chi connectivity index (χ3v) is 2.76. The van der Waals surface area contributed by atoms with Gasteiger partial charge in [0.1, 0.15) is 5.75 Å². The van der Waals surface area contributed by atoms with Gasteiger partial charge in [0.2, 0.25) is 0 Å². The summed E-state index contributed by atoms with van der Waals surface area (Å²) in [5.41, 5.74) is 0.878. The van der Waals surface area contributed by atoms with Crippen molar-refractivity contribution in [1.29, 1.82) is 0 Å². The topological polar surface area (TPSA) is 65.0 Å². The van der Waals surface area contributed by atoms with E-state index in [1.165, 1.54) is 6.07 Å². The molecule has 0 aliphatic rings. The Morgan fingerprint density at radius 2 is 1.95 bits per heavy atom. The van der Waals surface area contributed by atoms with E-state index in [1.54, 1.807) is 19.2 Å². The van der Waals surface area contributed by atoms with Crippen LogP contribution in [0.15, 0.2) is 18.2 Å². The van der Waals surface area contributed by atoms with E-state index in [-0.39, 0.29) is 17.8 Å². The average molecular weight is 282 g/mol. The second kappa shape index (κ2) is 7.26. The minimum Gasteiger partial charge on any atom is -0.478 e. The fourth-order valence-electron chi connectivity index (χ4n) is 1.68. The van der Waals surface area contributed by atoms with E-state index in [0.29, 0.717) is 19.0 Å². The van der Waals surface area contributed by atoms with Gasteiger partial charge in [0.15, 0.2) is 6.79 Å². The monoisotopic (exact) mass is 282 g/mol. The average Bonchev–Trinajstić information content (AvgIpc) is 2.37. The molecule has 1 aromatic carbocycles. The summed E-state index contributed by atoms with van der Waals surface area (Å²) < 4.78 is 15.7. The van der Waals surface area contributed by atoms with E-state index in [4.69, 9.17) is 19.3 Å². The van der Waals surface area contributed by atoms with Crippen LogP contribution in [0, 0.1) is 0 Å². The molecule has 0 aliphatic heterocycles. The van der Waals surface area contributed by atoms with Crippen LogP contribution in [0.1, 0.15) is 36.7 Å². The summed E-state index contributed by atoms with van der Waals surface area (Å²) in [6.45, 7) is 7.09. The highest BCUT2D eigenvalue weighted by Gasteiger charge is 2.21. The maximum absolute atomic E-state index is 11.0. The fraction of sp³-hybridized carbons (Fsp3) is 0.533. The van der Waals surface area contributed by atoms with Crippen LogP contribution in [0.25, 0.3) is 0 Å². The van der Waals surface area contributed by atoms with Gasteiger partial charge in [0.25, 0.3) is 0 Å². The molecule has 0 aromatic heterocycles. The molecular weight excluding hydrogens is 260 g/mol. The number of carboxylic acid groups (broad SMARTS) is 1. The lowest BCUT2D eigenvalue weighted by Crippen LogP contribution is -2.16. The molecule has 0 saturated heterocycles. The van der Waals surface area contributed by atoms with Crippen molar-refractivity contribution in [3.8, 4) is 5.75 Å². The van der Waals surface area contributed by atoms with E-state index < -0.39 is 5.97 Å². The van der Waals surface area contributed by atoms with Crippen LogP contribution in [0.3, 0.4) is 0 Å². The van der Waals surface area contributed by atoms with Crippen LogP contribution < -0.4 is 4.74 Å². The molecule has 1 aromatic rings. The number of ether oxygens (including phenoxy) is 3. The van der Waals surface area contributed by atoms with Crippen molar-refractivity contribution in [1.82, 2.24) is 0 Å². The van der Waals surface area contributed by atoms with Crippen molar-refractivity contribution >= 4 is 5.97 Å². The summed E-state index contributed by atoms with van der Waals surface area (Å²) in [5.74, 6) is -0.307. The highest BCUT2D eigenvalue weighted by Crippen LogP contribution is 2.32. The second-order valence-corrected chi connectivity index (χ2v) is 5.43. The normalized spacial score (nSPS) is 11.4. The Kier molecular flexibility index (Phi) is 5.98. The summed E-state index contributed by atoms with van der Waals surface area (Å²) in [6.07, 6.45) is 0. The number of benzene rings is 1. The molecule has 0 atom stereocenters. The van der Waals surface area contributed by atoms with Crippen LogP contribution in [-0.4, -0.2) is 38.2 Å². The Morgan fingerprint density at radius 1 is 1.25 bits per heavy atom. The van der Waals surface area contributed by atoms with Gasteiger partial charge in [-0.25, -0.2) is 4.79 Å². The molecule has 20 heavy (non-hydrogen) atoms. The Hall–Kier alpha value is -1.59. The minimum atomic E-state index is -0.946. The van der Waals surface area contributed by atoms with Gasteiger partial charge in [0, 0.05) is 12.7 Å². The van der Waals surface area contributed by atoms with Gasteiger partial charge in [-0.1, -0.05) is 20.8 Å². The Bertz CT molecular complexity index is 448. The van der Waals surface area contributed by atoms with Crippen molar-refractivity contribution in [2.45, 2.75) is 26.2 Å². The van der Waals surface area contributed by atoms with Crippen molar-refractivity contribution in [2.75, 3.05) is 27.1 Å². The molecule has 0 bridgehead atoms. The van der Waals surface area contributed by atoms with Crippen LogP contribution in [0.2, 0.25) is 0 Å². The first-order chi connectivity index (χ1) is 9.36. The van der Waals surface area contributed by atoms with E-state index in [2.05, 4.69) is 0 Å². The molecule has 112 valence electrons. The van der Waals surface area contributed by atoms with Crippen molar-refractivity contribution in [3.63, 3.8) is 0 Å². The van der Waals surface area contributed by atoms with Gasteiger partial charge in [-0.2, -0.15) is 0 Å². The number of carboxylic acids is 1. The zero-order valence-corrected chi connectivity index (χ0v) is 12.4. The van der Waals surface area contributed by atoms with Crippen LogP contribution in [0.4, 0.5) is 0 Å². The minimum absolute atomic E-state index is 0.110. The maximum Gasteiger partial charge on any atom is 0.335 e. The highest BCUT2D eigenvalue weighted by molar-refractivity contribution is 5.88. The molecule has 0 unspecified atom stereocenters. The van der Waals surface area contributed by atoms with Crippen molar-refractivity contribution in [2.24, 2.45) is 0 Å². The quantitative estimate of drug-likeness (QED) is 0.615. The molecule has 0 fully saturated rings. The van der Waals surface area contributed by atoms with E-state index >= 15 is 0 Å². The summed E-state index contributed by atoms with van der Waals surface area (Å²) >= 11 is 0. The Balaban J connectivity index is 2.81. The van der Waals surface area contributed by atoms with Gasteiger partial charge >= 0.3 is 5.97 Å². The number of carbonyl (C=O) groups is 1. The molecular formula is C15H22O5. The molecule has 1 N–H and O–H groups in total. The lowest BCUT2D eigenvalue weighted by Gasteiger charge is -2.23. The smallest absolute Gasteiger partial charge is 0.335 e. The van der Waals surface area contributed by atoms with Crippen molar-refractivity contribution < 1.29 is 24.1 Å². The first-order valence-corrected chi connectivity index (χ1v) is 6.43. The van der Waals surface area contributed by atoms with Gasteiger partial charge in [-0.05, 0) is 23.6 Å². The van der Waals surface area contributed by atoms with E-state index in [0.717, 1.165) is 5.56 Å². The standard InChI is InChI=1S/C15H22O5/c1-15(2,3)12-9-11(14(16)17)5-6-13(12)20-10-19-8-7-18-4/h5-6,9H,7-8,10H2,1-4H3,(H,16,17). The van der Waals surface area contributed by atoms with Gasteiger partial charge < -0.3 is 19.3 Å². The molecule has 0 aliphatic carbocycles. The Morgan fingerprint density at radius 3 is 2.50 bits per heavy atom. The van der Waals surface area contributed by atoms with E-state index in [1.807, 2.05) is 20.8 Å². The van der Waals surface area contributed by atoms with Gasteiger partial charge in [-0.15, -0.1) is 0 Å². The number of methoxy groups -OCH3 is 1. The summed E-state index contributed by atoms with van der Waals surface area (Å²) in [6, 6.07) is 4.85. The zero-order valence-electron chi connectivity index (χ0n) is 12.4. The third kappa shape index (κ3) is 4.83. The first-order valence-electron chi connectivity index (χ1n) is 6.43. The maximum atomic E-state index is 11.0. The van der Waals surface area contributed by atoms with Gasteiger partial charge in [-0.3, -0.25) is 0 Å². The van der Waals surface area contributed by atoms with Crippen LogP contribution in [0.5, 0.6) is 5.75 Å². The number of hydrogen-bond donors (Lipinski definition) is 1. The van der Waals surface area contributed by atoms with Crippen LogP contribution >= 0.6 is 0 Å². The third-order valence-electron chi connectivity index (χ3n) is 2.76. The molecule has 0 radical (unpaired) electrons. The predicted molar refractivity (Wildman–Crippen MR) is 75.4 cm³/mol. The predicted octanol–water partition coefficient (Wildman–Crippen LogP) is 2.68. The number of hydrogen-bond acceptors (Lipinski definition) is 4. The summed E-state index contributed by atoms with van der Waals surface area (Å²) in [5, 5.41) is 9.06. The SMILES string of the molecule is COCCOCOc1ccc(C(=O)O)cc1C(C)(C)C. The highest BCUT2D eigenvalue weighted by atomic mass is 16.7. The lowest BCUT2D eigenvalue weighted by molar-refractivity contribution is -0.00918. The van der Waals surface area contributed by atoms with Crippen LogP contribution in [-0.2, 0) is 14.9 Å². The number of rotatable bonds is 7. The summed E-state index contributed by atoms with van der Waals surface area (Å²) in [4.78, 5) is 11.0. The molecule has 0 saturated carbocycles. The molecule has 0 heterocycles. The largest absolute Gasteiger partial charge is 0.478 e. The van der Waals surface area contributed by atoms with Crippen molar-refractivity contribution in [3.05, 3.63) is 29.3 Å². The summed E-state index contributed by atoms with van der Waals surface area (Å²) in [7, 11) is 1.60. The molecule has 0 spiro atoms. The van der Waals surface area contributed by atoms with Gasteiger partial charge in [0.05, 0.1) is 18.8 Å². The fourth-order valence-corrected chi connectivity index (χ4v) is 1.68. The molecule has 5 nitrogen and oxygen atoms in total. The molecule has 0 amide bonds. The van der Waals surface area contributed by atoms with E-state index in [9.17, 15) is 4.79 Å². The molecule has 5 heteroatoms. The zero-order chi connectivity index (χ0) is 15.2.